The second-order valence-electron chi connectivity index (χ2n) is 5.13. The molecule has 2 N–H and O–H groups in total. The maximum absolute atomic E-state index is 12.3. The number of halogens is 2. The van der Waals surface area contributed by atoms with Gasteiger partial charge in [0.15, 0.2) is 0 Å². The van der Waals surface area contributed by atoms with Gasteiger partial charge in [0.1, 0.15) is 5.69 Å². The second-order valence-corrected chi connectivity index (χ2v) is 6.00. The molecule has 3 nitrogen and oxygen atoms in total. The largest absolute Gasteiger partial charge is 0.356 e. The number of aromatic amines is 1. The summed E-state index contributed by atoms with van der Waals surface area (Å²) >= 11 is 11.8. The number of aromatic nitrogens is 1. The van der Waals surface area contributed by atoms with Gasteiger partial charge in [0.25, 0.3) is 5.91 Å². The van der Waals surface area contributed by atoms with Crippen molar-refractivity contribution in [2.45, 2.75) is 24.8 Å². The SMILES string of the molecule is O=C(NC1(c2ccc(Cl)cc2)CCC1)c1cc(Cl)c[nH]1. The lowest BCUT2D eigenvalue weighted by Gasteiger charge is -2.43. The lowest BCUT2D eigenvalue weighted by molar-refractivity contribution is 0.0819. The van der Waals surface area contributed by atoms with E-state index < -0.39 is 0 Å². The summed E-state index contributed by atoms with van der Waals surface area (Å²) in [5, 5.41) is 4.35. The molecule has 5 heteroatoms. The molecule has 0 saturated heterocycles. The van der Waals surface area contributed by atoms with Crippen LogP contribution in [0.5, 0.6) is 0 Å². The molecule has 3 rings (SSSR count). The fraction of sp³-hybridized carbons (Fsp3) is 0.267. The Morgan fingerprint density at radius 3 is 2.35 bits per heavy atom. The van der Waals surface area contributed by atoms with Crippen LogP contribution >= 0.6 is 23.2 Å². The minimum absolute atomic E-state index is 0.133. The maximum atomic E-state index is 12.3. The minimum Gasteiger partial charge on any atom is -0.356 e. The number of nitrogens with one attached hydrogen (secondary N) is 2. The lowest BCUT2D eigenvalue weighted by atomic mass is 9.71. The van der Waals surface area contributed by atoms with Crippen LogP contribution in [-0.4, -0.2) is 10.9 Å². The molecule has 0 spiro atoms. The lowest BCUT2D eigenvalue weighted by Crippen LogP contribution is -2.50. The van der Waals surface area contributed by atoms with Gasteiger partial charge < -0.3 is 10.3 Å². The standard InChI is InChI=1S/C15H14Cl2N2O/c16-11-4-2-10(3-5-11)15(6-1-7-15)19-14(20)13-8-12(17)9-18-13/h2-5,8-9,18H,1,6-7H2,(H,19,20). The van der Waals surface area contributed by atoms with E-state index in [1.807, 2.05) is 24.3 Å². The highest BCUT2D eigenvalue weighted by molar-refractivity contribution is 6.31. The van der Waals surface area contributed by atoms with Crippen LogP contribution in [0.4, 0.5) is 0 Å². The van der Waals surface area contributed by atoms with Crippen molar-refractivity contribution in [2.24, 2.45) is 0 Å². The molecule has 1 aliphatic carbocycles. The van der Waals surface area contributed by atoms with Crippen LogP contribution in [0.15, 0.2) is 36.5 Å². The molecule has 1 aliphatic rings. The monoisotopic (exact) mass is 308 g/mol. The Morgan fingerprint density at radius 2 is 1.85 bits per heavy atom. The molecule has 1 fully saturated rings. The number of carbonyl (C=O) groups excluding carboxylic acids is 1. The predicted molar refractivity (Wildman–Crippen MR) is 80.2 cm³/mol. The van der Waals surface area contributed by atoms with Crippen molar-refractivity contribution in [1.82, 2.24) is 10.3 Å². The molecule has 20 heavy (non-hydrogen) atoms. The quantitative estimate of drug-likeness (QED) is 0.879. The van der Waals surface area contributed by atoms with E-state index in [1.54, 1.807) is 12.3 Å². The zero-order valence-corrected chi connectivity index (χ0v) is 12.3. The number of H-pyrrole nitrogens is 1. The Morgan fingerprint density at radius 1 is 1.15 bits per heavy atom. The molecule has 1 aromatic carbocycles. The van der Waals surface area contributed by atoms with E-state index >= 15 is 0 Å². The van der Waals surface area contributed by atoms with E-state index in [9.17, 15) is 4.79 Å². The normalized spacial score (nSPS) is 16.5. The average molecular weight is 309 g/mol. The van der Waals surface area contributed by atoms with Gasteiger partial charge >= 0.3 is 0 Å². The third-order valence-electron chi connectivity index (χ3n) is 3.85. The van der Waals surface area contributed by atoms with Gasteiger partial charge in [-0.05, 0) is 43.0 Å². The van der Waals surface area contributed by atoms with Crippen molar-refractivity contribution < 1.29 is 4.79 Å². The third kappa shape index (κ3) is 2.43. The van der Waals surface area contributed by atoms with Crippen molar-refractivity contribution in [3.8, 4) is 0 Å². The molecule has 0 unspecified atom stereocenters. The molecule has 2 aromatic rings. The first-order valence-electron chi connectivity index (χ1n) is 6.52. The van der Waals surface area contributed by atoms with Crippen LogP contribution in [0.25, 0.3) is 0 Å². The topological polar surface area (TPSA) is 44.9 Å². The molecule has 0 atom stereocenters. The minimum atomic E-state index is -0.279. The Kier molecular flexibility index (Phi) is 3.48. The van der Waals surface area contributed by atoms with Crippen molar-refractivity contribution in [3.05, 3.63) is 57.8 Å². The van der Waals surface area contributed by atoms with Crippen LogP contribution < -0.4 is 5.32 Å². The third-order valence-corrected chi connectivity index (χ3v) is 4.32. The average Bonchev–Trinajstić information content (AvgIpc) is 2.82. The maximum Gasteiger partial charge on any atom is 0.268 e. The van der Waals surface area contributed by atoms with E-state index in [-0.39, 0.29) is 11.4 Å². The zero-order chi connectivity index (χ0) is 14.2. The first-order valence-corrected chi connectivity index (χ1v) is 7.27. The van der Waals surface area contributed by atoms with Crippen molar-refractivity contribution in [3.63, 3.8) is 0 Å². The Balaban J connectivity index is 1.83. The van der Waals surface area contributed by atoms with Crippen LogP contribution in [0.2, 0.25) is 10.0 Å². The second kappa shape index (κ2) is 5.15. The number of hydrogen-bond donors (Lipinski definition) is 2. The molecule has 1 saturated carbocycles. The van der Waals surface area contributed by atoms with Crippen LogP contribution in [-0.2, 0) is 5.54 Å². The van der Waals surface area contributed by atoms with Gasteiger partial charge in [0.2, 0.25) is 0 Å². The summed E-state index contributed by atoms with van der Waals surface area (Å²) in [7, 11) is 0. The van der Waals surface area contributed by atoms with Gasteiger partial charge in [-0.15, -0.1) is 0 Å². The highest BCUT2D eigenvalue weighted by Gasteiger charge is 2.40. The first kappa shape index (κ1) is 13.5. The van der Waals surface area contributed by atoms with E-state index in [4.69, 9.17) is 23.2 Å². The summed E-state index contributed by atoms with van der Waals surface area (Å²) in [6, 6.07) is 9.29. The van der Waals surface area contributed by atoms with E-state index in [0.29, 0.717) is 15.7 Å². The van der Waals surface area contributed by atoms with Gasteiger partial charge in [-0.25, -0.2) is 0 Å². The fourth-order valence-electron chi connectivity index (χ4n) is 2.57. The van der Waals surface area contributed by atoms with Crippen molar-refractivity contribution in [1.29, 1.82) is 0 Å². The Labute approximate surface area is 127 Å². The summed E-state index contributed by atoms with van der Waals surface area (Å²) < 4.78 is 0. The fourth-order valence-corrected chi connectivity index (χ4v) is 2.86. The van der Waals surface area contributed by atoms with Gasteiger partial charge in [-0.1, -0.05) is 35.3 Å². The molecular weight excluding hydrogens is 295 g/mol. The number of rotatable bonds is 3. The number of carbonyl (C=O) groups is 1. The summed E-state index contributed by atoms with van der Waals surface area (Å²) in [6.07, 6.45) is 4.59. The molecular formula is C15H14Cl2N2O. The van der Waals surface area contributed by atoms with Gasteiger partial charge in [0, 0.05) is 11.2 Å². The highest BCUT2D eigenvalue weighted by atomic mass is 35.5. The van der Waals surface area contributed by atoms with E-state index in [2.05, 4.69) is 10.3 Å². The summed E-state index contributed by atoms with van der Waals surface area (Å²) in [5.41, 5.74) is 1.30. The van der Waals surface area contributed by atoms with E-state index in [0.717, 1.165) is 24.8 Å². The molecule has 0 radical (unpaired) electrons. The van der Waals surface area contributed by atoms with Crippen molar-refractivity contribution >= 4 is 29.1 Å². The Hall–Kier alpha value is -1.45. The predicted octanol–water partition coefficient (Wildman–Crippen LogP) is 4.13. The number of benzene rings is 1. The first-order chi connectivity index (χ1) is 9.59. The summed E-state index contributed by atoms with van der Waals surface area (Å²) in [6.45, 7) is 0. The molecule has 1 amide bonds. The molecule has 1 aromatic heterocycles. The van der Waals surface area contributed by atoms with Crippen LogP contribution in [0.1, 0.15) is 35.3 Å². The van der Waals surface area contributed by atoms with Crippen LogP contribution in [0, 0.1) is 0 Å². The van der Waals surface area contributed by atoms with E-state index in [1.165, 1.54) is 0 Å². The Bertz CT molecular complexity index is 630. The zero-order valence-electron chi connectivity index (χ0n) is 10.7. The molecule has 0 bridgehead atoms. The molecule has 0 aliphatic heterocycles. The summed E-state index contributed by atoms with van der Waals surface area (Å²) in [4.78, 5) is 15.2. The highest BCUT2D eigenvalue weighted by Crippen LogP contribution is 2.41. The van der Waals surface area contributed by atoms with Gasteiger partial charge in [-0.2, -0.15) is 0 Å². The summed E-state index contributed by atoms with van der Waals surface area (Å²) in [5.74, 6) is -0.133. The molecule has 1 heterocycles. The van der Waals surface area contributed by atoms with Gasteiger partial charge in [-0.3, -0.25) is 4.79 Å². The number of amides is 1. The van der Waals surface area contributed by atoms with Crippen molar-refractivity contribution in [2.75, 3.05) is 0 Å². The number of hydrogen-bond acceptors (Lipinski definition) is 1. The van der Waals surface area contributed by atoms with Crippen LogP contribution in [0.3, 0.4) is 0 Å². The smallest absolute Gasteiger partial charge is 0.268 e. The molecule has 104 valence electrons. The van der Waals surface area contributed by atoms with Gasteiger partial charge in [0.05, 0.1) is 10.6 Å².